The largest absolute Gasteiger partial charge is 0.369 e. The fourth-order valence-corrected chi connectivity index (χ4v) is 4.33. The molecule has 1 unspecified atom stereocenters. The monoisotopic (exact) mass is 363 g/mol. The fraction of sp³-hybridized carbons (Fsp3) is 0.650. The van der Waals surface area contributed by atoms with Crippen LogP contribution in [-0.4, -0.2) is 49.6 Å². The lowest BCUT2D eigenvalue weighted by molar-refractivity contribution is -0.128. The Kier molecular flexibility index (Phi) is 5.90. The van der Waals surface area contributed by atoms with E-state index in [9.17, 15) is 4.79 Å². The van der Waals surface area contributed by atoms with Crippen molar-refractivity contribution >= 4 is 23.2 Å². The SMILES string of the molecule is CCC1(CC)CC(CCN2CCN(c3ccc(Cl)cc3)CC2)NC1=O. The van der Waals surface area contributed by atoms with Crippen LogP contribution >= 0.6 is 11.6 Å². The number of halogens is 1. The van der Waals surface area contributed by atoms with Crippen molar-refractivity contribution in [3.63, 3.8) is 0 Å². The van der Waals surface area contributed by atoms with E-state index in [0.717, 1.165) is 63.4 Å². The molecule has 138 valence electrons. The van der Waals surface area contributed by atoms with E-state index in [0.29, 0.717) is 6.04 Å². The number of anilines is 1. The van der Waals surface area contributed by atoms with Crippen molar-refractivity contribution in [3.05, 3.63) is 29.3 Å². The summed E-state index contributed by atoms with van der Waals surface area (Å²) >= 11 is 5.97. The first-order chi connectivity index (χ1) is 12.1. The normalized spacial score (nSPS) is 23.7. The predicted molar refractivity (Wildman–Crippen MR) is 104 cm³/mol. The number of hydrogen-bond acceptors (Lipinski definition) is 3. The highest BCUT2D eigenvalue weighted by Gasteiger charge is 2.43. The Morgan fingerprint density at radius 2 is 1.76 bits per heavy atom. The second-order valence-electron chi connectivity index (χ2n) is 7.46. The summed E-state index contributed by atoms with van der Waals surface area (Å²) in [6.07, 6.45) is 3.97. The first kappa shape index (κ1) is 18.5. The highest BCUT2D eigenvalue weighted by molar-refractivity contribution is 6.30. The molecule has 2 aliphatic rings. The molecule has 2 aliphatic heterocycles. The molecule has 1 aromatic rings. The van der Waals surface area contributed by atoms with E-state index < -0.39 is 0 Å². The quantitative estimate of drug-likeness (QED) is 0.839. The molecule has 1 amide bonds. The highest BCUT2D eigenvalue weighted by Crippen LogP contribution is 2.37. The number of benzene rings is 1. The molecule has 0 spiro atoms. The third kappa shape index (κ3) is 4.12. The van der Waals surface area contributed by atoms with Crippen LogP contribution in [0.15, 0.2) is 24.3 Å². The minimum absolute atomic E-state index is 0.113. The van der Waals surface area contributed by atoms with Gasteiger partial charge in [0.2, 0.25) is 5.91 Å². The van der Waals surface area contributed by atoms with Crippen molar-refractivity contribution in [2.45, 2.75) is 45.6 Å². The summed E-state index contributed by atoms with van der Waals surface area (Å²) < 4.78 is 0. The molecule has 0 saturated carbocycles. The van der Waals surface area contributed by atoms with Crippen LogP contribution in [0.3, 0.4) is 0 Å². The van der Waals surface area contributed by atoms with Gasteiger partial charge >= 0.3 is 0 Å². The van der Waals surface area contributed by atoms with Gasteiger partial charge in [-0.15, -0.1) is 0 Å². The Morgan fingerprint density at radius 3 is 2.32 bits per heavy atom. The van der Waals surface area contributed by atoms with Crippen molar-refractivity contribution in [1.29, 1.82) is 0 Å². The minimum Gasteiger partial charge on any atom is -0.369 e. The average Bonchev–Trinajstić information content (AvgIpc) is 2.97. The Morgan fingerprint density at radius 1 is 1.12 bits per heavy atom. The molecule has 2 saturated heterocycles. The van der Waals surface area contributed by atoms with Crippen molar-refractivity contribution in [3.8, 4) is 0 Å². The van der Waals surface area contributed by atoms with E-state index in [1.165, 1.54) is 5.69 Å². The summed E-state index contributed by atoms with van der Waals surface area (Å²) in [7, 11) is 0. The third-order valence-corrected chi connectivity index (χ3v) is 6.42. The molecule has 1 atom stereocenters. The number of carbonyl (C=O) groups is 1. The first-order valence-electron chi connectivity index (χ1n) is 9.60. The molecule has 0 aliphatic carbocycles. The fourth-order valence-electron chi connectivity index (χ4n) is 4.21. The zero-order valence-corrected chi connectivity index (χ0v) is 16.2. The van der Waals surface area contributed by atoms with Gasteiger partial charge in [-0.2, -0.15) is 0 Å². The molecule has 0 radical (unpaired) electrons. The van der Waals surface area contributed by atoms with Gasteiger partial charge in [0.15, 0.2) is 0 Å². The number of nitrogens with zero attached hydrogens (tertiary/aromatic N) is 2. The maximum Gasteiger partial charge on any atom is 0.226 e. The Bertz CT molecular complexity index is 577. The predicted octanol–water partition coefficient (Wildman–Crippen LogP) is 3.55. The minimum atomic E-state index is -0.113. The molecule has 1 aromatic carbocycles. The van der Waals surface area contributed by atoms with Crippen LogP contribution in [0.1, 0.15) is 39.5 Å². The van der Waals surface area contributed by atoms with Crippen LogP contribution in [0.5, 0.6) is 0 Å². The van der Waals surface area contributed by atoms with E-state index in [1.54, 1.807) is 0 Å². The number of hydrogen-bond donors (Lipinski definition) is 1. The average molecular weight is 364 g/mol. The number of rotatable bonds is 6. The molecule has 5 heteroatoms. The number of amides is 1. The van der Waals surface area contributed by atoms with E-state index in [4.69, 9.17) is 11.6 Å². The molecular weight excluding hydrogens is 334 g/mol. The summed E-state index contributed by atoms with van der Waals surface area (Å²) in [5, 5.41) is 4.03. The molecule has 4 nitrogen and oxygen atoms in total. The lowest BCUT2D eigenvalue weighted by atomic mass is 9.79. The number of carbonyl (C=O) groups excluding carboxylic acids is 1. The van der Waals surface area contributed by atoms with E-state index >= 15 is 0 Å². The van der Waals surface area contributed by atoms with Gasteiger partial charge < -0.3 is 10.2 Å². The Hall–Kier alpha value is -1.26. The molecule has 0 aromatic heterocycles. The van der Waals surface area contributed by atoms with Gasteiger partial charge in [0.1, 0.15) is 0 Å². The van der Waals surface area contributed by atoms with Crippen LogP contribution in [-0.2, 0) is 4.79 Å². The molecular formula is C20H30ClN3O. The lowest BCUT2D eigenvalue weighted by Gasteiger charge is -2.36. The maximum atomic E-state index is 12.3. The standard InChI is InChI=1S/C20H30ClN3O/c1-3-20(4-2)15-17(22-19(20)25)9-10-23-11-13-24(14-12-23)18-7-5-16(21)6-8-18/h5-8,17H,3-4,9-15H2,1-2H3,(H,22,25). The third-order valence-electron chi connectivity index (χ3n) is 6.17. The van der Waals surface area contributed by atoms with Gasteiger partial charge in [-0.1, -0.05) is 25.4 Å². The lowest BCUT2D eigenvalue weighted by Crippen LogP contribution is -2.47. The Balaban J connectivity index is 1.44. The van der Waals surface area contributed by atoms with E-state index in [-0.39, 0.29) is 11.3 Å². The summed E-state index contributed by atoms with van der Waals surface area (Å²) in [6.45, 7) is 9.61. The summed E-state index contributed by atoms with van der Waals surface area (Å²) in [4.78, 5) is 17.2. The molecule has 2 heterocycles. The van der Waals surface area contributed by atoms with E-state index in [1.807, 2.05) is 12.1 Å². The first-order valence-corrected chi connectivity index (χ1v) is 9.98. The van der Waals surface area contributed by atoms with Crippen LogP contribution in [0.4, 0.5) is 5.69 Å². The van der Waals surface area contributed by atoms with Crippen LogP contribution in [0.25, 0.3) is 0 Å². The Labute approximate surface area is 156 Å². The van der Waals surface area contributed by atoms with Gasteiger partial charge in [-0.25, -0.2) is 0 Å². The van der Waals surface area contributed by atoms with Crippen LogP contribution in [0, 0.1) is 5.41 Å². The number of piperazine rings is 1. The summed E-state index contributed by atoms with van der Waals surface area (Å²) in [5.74, 6) is 0.273. The smallest absolute Gasteiger partial charge is 0.226 e. The van der Waals surface area contributed by atoms with Gasteiger partial charge in [0.25, 0.3) is 0 Å². The maximum absolute atomic E-state index is 12.3. The van der Waals surface area contributed by atoms with Crippen LogP contribution in [0.2, 0.25) is 5.02 Å². The van der Waals surface area contributed by atoms with Crippen molar-refractivity contribution in [1.82, 2.24) is 10.2 Å². The summed E-state index contributed by atoms with van der Waals surface area (Å²) in [6, 6.07) is 8.46. The highest BCUT2D eigenvalue weighted by atomic mass is 35.5. The van der Waals surface area contributed by atoms with Crippen molar-refractivity contribution in [2.24, 2.45) is 5.41 Å². The molecule has 1 N–H and O–H groups in total. The molecule has 3 rings (SSSR count). The molecule has 2 fully saturated rings. The van der Waals surface area contributed by atoms with Gasteiger partial charge in [0.05, 0.1) is 5.41 Å². The van der Waals surface area contributed by atoms with Crippen molar-refractivity contribution in [2.75, 3.05) is 37.6 Å². The summed E-state index contributed by atoms with van der Waals surface area (Å²) in [5.41, 5.74) is 1.14. The molecule has 0 bridgehead atoms. The zero-order valence-electron chi connectivity index (χ0n) is 15.4. The van der Waals surface area contributed by atoms with Gasteiger partial charge in [0, 0.05) is 49.5 Å². The zero-order chi connectivity index (χ0) is 17.9. The van der Waals surface area contributed by atoms with Crippen molar-refractivity contribution < 1.29 is 4.79 Å². The number of nitrogens with one attached hydrogen (secondary N) is 1. The second-order valence-corrected chi connectivity index (χ2v) is 7.89. The van der Waals surface area contributed by atoms with Gasteiger partial charge in [-0.05, 0) is 49.9 Å². The van der Waals surface area contributed by atoms with Gasteiger partial charge in [-0.3, -0.25) is 9.69 Å². The molecule has 25 heavy (non-hydrogen) atoms. The topological polar surface area (TPSA) is 35.6 Å². The second kappa shape index (κ2) is 7.96. The van der Waals surface area contributed by atoms with E-state index in [2.05, 4.69) is 41.1 Å². The van der Waals surface area contributed by atoms with Crippen LogP contribution < -0.4 is 10.2 Å².